The van der Waals surface area contributed by atoms with Crippen LogP contribution >= 0.6 is 0 Å². The van der Waals surface area contributed by atoms with Gasteiger partial charge in [0.15, 0.2) is 5.65 Å². The van der Waals surface area contributed by atoms with Crippen molar-refractivity contribution in [1.82, 2.24) is 14.6 Å². The number of anilines is 1. The summed E-state index contributed by atoms with van der Waals surface area (Å²) >= 11 is 0. The molecule has 1 aliphatic rings. The van der Waals surface area contributed by atoms with Crippen LogP contribution in [0.2, 0.25) is 0 Å². The number of aromatic nitrogens is 3. The summed E-state index contributed by atoms with van der Waals surface area (Å²) in [6.45, 7) is 1.08. The first-order chi connectivity index (χ1) is 11.8. The first kappa shape index (κ1) is 15.0. The Morgan fingerprint density at radius 3 is 2.96 bits per heavy atom. The molecular formula is C18H20N4O2. The Morgan fingerprint density at radius 2 is 2.12 bits per heavy atom. The van der Waals surface area contributed by atoms with E-state index < -0.39 is 0 Å². The van der Waals surface area contributed by atoms with Crippen LogP contribution in [0.15, 0.2) is 42.7 Å². The molecule has 3 aromatic rings. The fourth-order valence-corrected chi connectivity index (χ4v) is 3.48. The van der Waals surface area contributed by atoms with E-state index in [-0.39, 0.29) is 12.6 Å². The minimum Gasteiger partial charge on any atom is -0.496 e. The maximum atomic E-state index is 9.62. The molecule has 124 valence electrons. The Bertz CT molecular complexity index is 861. The predicted molar refractivity (Wildman–Crippen MR) is 92.4 cm³/mol. The van der Waals surface area contributed by atoms with Gasteiger partial charge in [-0.2, -0.15) is 9.61 Å². The molecule has 0 spiro atoms. The lowest BCUT2D eigenvalue weighted by Crippen LogP contribution is -2.33. The van der Waals surface area contributed by atoms with Gasteiger partial charge in [-0.15, -0.1) is 0 Å². The van der Waals surface area contributed by atoms with Crippen molar-refractivity contribution in [2.45, 2.75) is 18.9 Å². The second-order valence-corrected chi connectivity index (χ2v) is 5.97. The molecular weight excluding hydrogens is 304 g/mol. The number of rotatable bonds is 4. The van der Waals surface area contributed by atoms with Gasteiger partial charge in [0.2, 0.25) is 0 Å². The van der Waals surface area contributed by atoms with Gasteiger partial charge in [0.1, 0.15) is 11.6 Å². The van der Waals surface area contributed by atoms with Crippen molar-refractivity contribution in [3.63, 3.8) is 0 Å². The van der Waals surface area contributed by atoms with Gasteiger partial charge in [0.25, 0.3) is 0 Å². The van der Waals surface area contributed by atoms with E-state index in [2.05, 4.69) is 15.0 Å². The highest BCUT2D eigenvalue weighted by Crippen LogP contribution is 2.33. The van der Waals surface area contributed by atoms with Crippen molar-refractivity contribution in [3.8, 4) is 16.9 Å². The summed E-state index contributed by atoms with van der Waals surface area (Å²) in [5.74, 6) is 1.77. The summed E-state index contributed by atoms with van der Waals surface area (Å²) in [4.78, 5) is 6.75. The van der Waals surface area contributed by atoms with Crippen molar-refractivity contribution >= 4 is 11.5 Å². The lowest BCUT2D eigenvalue weighted by atomic mass is 10.1. The van der Waals surface area contributed by atoms with Crippen molar-refractivity contribution in [3.05, 3.63) is 42.7 Å². The summed E-state index contributed by atoms with van der Waals surface area (Å²) in [6.07, 6.45) is 5.71. The third-order valence-corrected chi connectivity index (χ3v) is 4.66. The number of aliphatic hydroxyl groups excluding tert-OH is 1. The molecule has 1 N–H and O–H groups in total. The second-order valence-electron chi connectivity index (χ2n) is 5.97. The minimum absolute atomic E-state index is 0.148. The molecule has 0 unspecified atom stereocenters. The van der Waals surface area contributed by atoms with E-state index in [1.165, 1.54) is 0 Å². The smallest absolute Gasteiger partial charge is 0.165 e. The van der Waals surface area contributed by atoms with Gasteiger partial charge in [-0.25, -0.2) is 4.98 Å². The van der Waals surface area contributed by atoms with Crippen LogP contribution in [0.5, 0.6) is 5.75 Å². The van der Waals surface area contributed by atoms with Crippen molar-refractivity contribution in [1.29, 1.82) is 0 Å². The number of hydrogen-bond acceptors (Lipinski definition) is 5. The quantitative estimate of drug-likeness (QED) is 0.798. The van der Waals surface area contributed by atoms with E-state index >= 15 is 0 Å². The summed E-state index contributed by atoms with van der Waals surface area (Å²) in [6, 6.07) is 9.98. The van der Waals surface area contributed by atoms with E-state index in [9.17, 15) is 5.11 Å². The lowest BCUT2D eigenvalue weighted by molar-refractivity contribution is 0.265. The van der Waals surface area contributed by atoms with Crippen LogP contribution in [-0.2, 0) is 0 Å². The number of aliphatic hydroxyl groups is 1. The zero-order valence-corrected chi connectivity index (χ0v) is 13.6. The van der Waals surface area contributed by atoms with Gasteiger partial charge >= 0.3 is 0 Å². The molecule has 3 heterocycles. The topological polar surface area (TPSA) is 62.9 Å². The van der Waals surface area contributed by atoms with Gasteiger partial charge in [-0.3, -0.25) is 0 Å². The molecule has 1 atom stereocenters. The largest absolute Gasteiger partial charge is 0.496 e. The van der Waals surface area contributed by atoms with Gasteiger partial charge < -0.3 is 14.7 Å². The van der Waals surface area contributed by atoms with Crippen LogP contribution in [0.4, 0.5) is 5.82 Å². The number of methoxy groups -OCH3 is 1. The number of nitrogens with zero attached hydrogens (tertiary/aromatic N) is 4. The van der Waals surface area contributed by atoms with Gasteiger partial charge in [0, 0.05) is 18.3 Å². The predicted octanol–water partition coefficient (Wildman–Crippen LogP) is 2.37. The Balaban J connectivity index is 1.85. The van der Waals surface area contributed by atoms with Crippen LogP contribution in [0.1, 0.15) is 12.8 Å². The summed E-state index contributed by atoms with van der Waals surface area (Å²) in [5.41, 5.74) is 2.70. The van der Waals surface area contributed by atoms with Crippen LogP contribution in [0.25, 0.3) is 16.8 Å². The summed E-state index contributed by atoms with van der Waals surface area (Å²) < 4.78 is 7.33. The van der Waals surface area contributed by atoms with Crippen LogP contribution in [0, 0.1) is 0 Å². The number of fused-ring (bicyclic) bond motifs is 1. The van der Waals surface area contributed by atoms with E-state index in [1.807, 2.05) is 41.0 Å². The van der Waals surface area contributed by atoms with Crippen LogP contribution in [-0.4, -0.2) is 46.0 Å². The normalized spacial score (nSPS) is 17.6. The fourth-order valence-electron chi connectivity index (χ4n) is 3.48. The van der Waals surface area contributed by atoms with Gasteiger partial charge in [-0.1, -0.05) is 18.2 Å². The zero-order chi connectivity index (χ0) is 16.5. The number of ether oxygens (including phenoxy) is 1. The molecule has 0 bridgehead atoms. The molecule has 4 rings (SSSR count). The SMILES string of the molecule is COc1ccccc1-c1cnn2c(N3CCC[C@H]3CO)ccnc12. The molecule has 0 radical (unpaired) electrons. The van der Waals surface area contributed by atoms with Crippen molar-refractivity contribution in [2.75, 3.05) is 25.2 Å². The van der Waals surface area contributed by atoms with E-state index in [4.69, 9.17) is 4.74 Å². The monoisotopic (exact) mass is 324 g/mol. The molecule has 1 saturated heterocycles. The molecule has 1 aliphatic heterocycles. The Morgan fingerprint density at radius 1 is 1.25 bits per heavy atom. The third kappa shape index (κ3) is 2.30. The molecule has 0 saturated carbocycles. The molecule has 6 heteroatoms. The maximum Gasteiger partial charge on any atom is 0.165 e. The molecule has 0 aliphatic carbocycles. The van der Waals surface area contributed by atoms with E-state index in [0.29, 0.717) is 0 Å². The molecule has 1 fully saturated rings. The second kappa shape index (κ2) is 6.13. The number of benzene rings is 1. The molecule has 0 amide bonds. The fraction of sp³-hybridized carbons (Fsp3) is 0.333. The molecule has 2 aromatic heterocycles. The highest BCUT2D eigenvalue weighted by Gasteiger charge is 2.26. The van der Waals surface area contributed by atoms with E-state index in [0.717, 1.165) is 47.7 Å². The maximum absolute atomic E-state index is 9.62. The molecule has 1 aromatic carbocycles. The molecule has 6 nitrogen and oxygen atoms in total. The van der Waals surface area contributed by atoms with Crippen molar-refractivity contribution in [2.24, 2.45) is 0 Å². The number of para-hydroxylation sites is 1. The van der Waals surface area contributed by atoms with Gasteiger partial charge in [0.05, 0.1) is 31.5 Å². The highest BCUT2D eigenvalue weighted by atomic mass is 16.5. The van der Waals surface area contributed by atoms with Gasteiger partial charge in [-0.05, 0) is 25.0 Å². The Labute approximate surface area is 140 Å². The summed E-state index contributed by atoms with van der Waals surface area (Å²) in [5, 5.41) is 14.2. The first-order valence-corrected chi connectivity index (χ1v) is 8.17. The number of hydrogen-bond donors (Lipinski definition) is 1. The Kier molecular flexibility index (Phi) is 3.82. The average molecular weight is 324 g/mol. The third-order valence-electron chi connectivity index (χ3n) is 4.66. The van der Waals surface area contributed by atoms with Crippen molar-refractivity contribution < 1.29 is 9.84 Å². The van der Waals surface area contributed by atoms with Crippen LogP contribution in [0.3, 0.4) is 0 Å². The average Bonchev–Trinajstić information content (AvgIpc) is 3.28. The first-order valence-electron chi connectivity index (χ1n) is 8.17. The highest BCUT2D eigenvalue weighted by molar-refractivity contribution is 5.81. The minimum atomic E-state index is 0.148. The standard InChI is InChI=1S/C18H20N4O2/c1-24-16-7-3-2-6-14(16)15-11-20-22-17(8-9-19-18(15)22)21-10-4-5-13(21)12-23/h2-3,6-9,11,13,23H,4-5,10,12H2,1H3/t13-/m0/s1. The summed E-state index contributed by atoms with van der Waals surface area (Å²) in [7, 11) is 1.67. The van der Waals surface area contributed by atoms with Crippen LogP contribution < -0.4 is 9.64 Å². The van der Waals surface area contributed by atoms with E-state index in [1.54, 1.807) is 13.3 Å². The lowest BCUT2D eigenvalue weighted by Gasteiger charge is -2.25. The molecule has 24 heavy (non-hydrogen) atoms. The zero-order valence-electron chi connectivity index (χ0n) is 13.6. The Hall–Kier alpha value is -2.60.